The van der Waals surface area contributed by atoms with Crippen molar-refractivity contribution in [3.05, 3.63) is 28.8 Å². The van der Waals surface area contributed by atoms with Gasteiger partial charge in [-0.25, -0.2) is 8.42 Å². The van der Waals surface area contributed by atoms with E-state index in [4.69, 9.17) is 4.74 Å². The van der Waals surface area contributed by atoms with Crippen LogP contribution in [0.4, 0.5) is 0 Å². The fourth-order valence-corrected chi connectivity index (χ4v) is 4.93. The average Bonchev–Trinajstić information content (AvgIpc) is 2.99. The van der Waals surface area contributed by atoms with Gasteiger partial charge in [-0.05, 0) is 31.9 Å². The Morgan fingerprint density at radius 2 is 1.80 bits per heavy atom. The monoisotopic (exact) mass is 369 g/mol. The summed E-state index contributed by atoms with van der Waals surface area (Å²) in [7, 11) is -2.44. The topological polar surface area (TPSA) is 105 Å². The van der Waals surface area contributed by atoms with Gasteiger partial charge in [-0.2, -0.15) is 4.31 Å². The smallest absolute Gasteiger partial charge is 0.309 e. The van der Waals surface area contributed by atoms with Gasteiger partial charge in [-0.3, -0.25) is 9.59 Å². The van der Waals surface area contributed by atoms with Crippen molar-refractivity contribution in [1.82, 2.24) is 14.9 Å². The van der Waals surface area contributed by atoms with Crippen LogP contribution < -0.4 is 10.6 Å². The Hall–Kier alpha value is -1.97. The minimum Gasteiger partial charge on any atom is -0.359 e. The third kappa shape index (κ3) is 4.00. The molecule has 0 bridgehead atoms. The predicted molar refractivity (Wildman–Crippen MR) is 91.4 cm³/mol. The van der Waals surface area contributed by atoms with Crippen molar-refractivity contribution in [3.8, 4) is 0 Å². The molecule has 2 amide bonds. The lowest BCUT2D eigenvalue weighted by molar-refractivity contribution is -0.139. The first-order chi connectivity index (χ1) is 11.7. The molecule has 1 aromatic rings. The number of rotatable bonds is 4. The number of sulfonamides is 1. The molecule has 1 heterocycles. The summed E-state index contributed by atoms with van der Waals surface area (Å²) in [5.74, 6) is -1.63. The van der Waals surface area contributed by atoms with Crippen molar-refractivity contribution in [2.45, 2.75) is 31.9 Å². The number of ether oxygens (including phenoxy) is 1. The Morgan fingerprint density at radius 3 is 2.36 bits per heavy atom. The number of likely N-dealkylation sites (N-methyl/N-ethyl adjacent to an activating group) is 1. The molecule has 0 aromatic heterocycles. The van der Waals surface area contributed by atoms with Crippen LogP contribution >= 0.6 is 0 Å². The molecule has 138 valence electrons. The molecule has 1 aliphatic rings. The SMILES string of the molecule is CNC(=O)C(=O)NCC1OCCN1S(=O)(=O)c1c(C)cc(C)cc1C. The molecule has 1 aromatic carbocycles. The molecule has 1 saturated heterocycles. The maximum atomic E-state index is 13.1. The molecule has 2 N–H and O–H groups in total. The van der Waals surface area contributed by atoms with Gasteiger partial charge in [0.25, 0.3) is 0 Å². The highest BCUT2D eigenvalue weighted by Crippen LogP contribution is 2.28. The summed E-state index contributed by atoms with van der Waals surface area (Å²) in [6.45, 7) is 5.74. The maximum Gasteiger partial charge on any atom is 0.309 e. The van der Waals surface area contributed by atoms with Crippen LogP contribution in [0.5, 0.6) is 0 Å². The third-order valence-electron chi connectivity index (χ3n) is 3.98. The van der Waals surface area contributed by atoms with Gasteiger partial charge in [-0.1, -0.05) is 17.7 Å². The van der Waals surface area contributed by atoms with Crippen LogP contribution in [-0.2, 0) is 24.3 Å². The Morgan fingerprint density at radius 1 is 1.20 bits per heavy atom. The fraction of sp³-hybridized carbons (Fsp3) is 0.500. The number of nitrogens with zero attached hydrogens (tertiary/aromatic N) is 1. The average molecular weight is 369 g/mol. The Labute approximate surface area is 147 Å². The summed E-state index contributed by atoms with van der Waals surface area (Å²) >= 11 is 0. The van der Waals surface area contributed by atoms with Crippen molar-refractivity contribution >= 4 is 21.8 Å². The molecule has 25 heavy (non-hydrogen) atoms. The Bertz CT molecular complexity index is 768. The highest BCUT2D eigenvalue weighted by Gasteiger charge is 2.38. The number of carbonyl (C=O) groups is 2. The quantitative estimate of drug-likeness (QED) is 0.717. The number of hydrogen-bond acceptors (Lipinski definition) is 5. The largest absolute Gasteiger partial charge is 0.359 e. The zero-order chi connectivity index (χ0) is 18.8. The summed E-state index contributed by atoms with van der Waals surface area (Å²) in [5, 5.41) is 4.59. The summed E-state index contributed by atoms with van der Waals surface area (Å²) in [6, 6.07) is 3.64. The van der Waals surface area contributed by atoms with E-state index in [1.807, 2.05) is 19.1 Å². The van der Waals surface area contributed by atoms with Gasteiger partial charge in [0.1, 0.15) is 6.23 Å². The number of nitrogens with one attached hydrogen (secondary N) is 2. The molecule has 0 aliphatic carbocycles. The lowest BCUT2D eigenvalue weighted by Crippen LogP contribution is -2.47. The van der Waals surface area contributed by atoms with Crippen molar-refractivity contribution in [1.29, 1.82) is 0 Å². The highest BCUT2D eigenvalue weighted by molar-refractivity contribution is 7.89. The predicted octanol–water partition coefficient (Wildman–Crippen LogP) is -0.179. The minimum atomic E-state index is -3.78. The van der Waals surface area contributed by atoms with Crippen LogP contribution in [-0.4, -0.2) is 57.5 Å². The second-order valence-corrected chi connectivity index (χ2v) is 7.79. The normalized spacial score (nSPS) is 18.2. The van der Waals surface area contributed by atoms with E-state index >= 15 is 0 Å². The van der Waals surface area contributed by atoms with Crippen LogP contribution in [0.25, 0.3) is 0 Å². The van der Waals surface area contributed by atoms with Crippen LogP contribution in [0.3, 0.4) is 0 Å². The Balaban J connectivity index is 2.24. The van der Waals surface area contributed by atoms with E-state index in [1.54, 1.807) is 13.8 Å². The summed E-state index contributed by atoms with van der Waals surface area (Å²) in [6.07, 6.45) is -0.848. The van der Waals surface area contributed by atoms with E-state index in [2.05, 4.69) is 10.6 Å². The summed E-state index contributed by atoms with van der Waals surface area (Å²) < 4.78 is 32.8. The van der Waals surface area contributed by atoms with E-state index in [0.717, 1.165) is 5.56 Å². The van der Waals surface area contributed by atoms with Gasteiger partial charge in [0.05, 0.1) is 18.0 Å². The maximum absolute atomic E-state index is 13.1. The van der Waals surface area contributed by atoms with E-state index in [9.17, 15) is 18.0 Å². The molecule has 9 heteroatoms. The number of benzene rings is 1. The van der Waals surface area contributed by atoms with Crippen LogP contribution in [0.2, 0.25) is 0 Å². The molecule has 0 radical (unpaired) electrons. The van der Waals surface area contributed by atoms with Gasteiger partial charge in [0, 0.05) is 13.6 Å². The standard InChI is InChI=1S/C16H23N3O5S/c1-10-7-11(2)14(12(3)8-10)25(22,23)19-5-6-24-13(19)9-18-16(21)15(20)17-4/h7-8,13H,5-6,9H2,1-4H3,(H,17,20)(H,18,21). The highest BCUT2D eigenvalue weighted by atomic mass is 32.2. The zero-order valence-electron chi connectivity index (χ0n) is 14.8. The molecule has 1 aliphatic heterocycles. The molecule has 0 saturated carbocycles. The van der Waals surface area contributed by atoms with E-state index in [-0.39, 0.29) is 24.6 Å². The molecule has 0 spiro atoms. The number of carbonyl (C=O) groups excluding carboxylic acids is 2. The van der Waals surface area contributed by atoms with Gasteiger partial charge in [-0.15, -0.1) is 0 Å². The summed E-state index contributed by atoms with van der Waals surface area (Å²) in [4.78, 5) is 23.1. The zero-order valence-corrected chi connectivity index (χ0v) is 15.6. The Kier molecular flexibility index (Phi) is 5.81. The second kappa shape index (κ2) is 7.51. The molecular weight excluding hydrogens is 346 g/mol. The summed E-state index contributed by atoms with van der Waals surface area (Å²) in [5.41, 5.74) is 2.32. The van der Waals surface area contributed by atoms with Crippen molar-refractivity contribution < 1.29 is 22.7 Å². The van der Waals surface area contributed by atoms with Crippen LogP contribution in [0.15, 0.2) is 17.0 Å². The van der Waals surface area contributed by atoms with Crippen LogP contribution in [0, 0.1) is 20.8 Å². The van der Waals surface area contributed by atoms with Crippen molar-refractivity contribution in [2.24, 2.45) is 0 Å². The van der Waals surface area contributed by atoms with Crippen molar-refractivity contribution in [2.75, 3.05) is 26.7 Å². The second-order valence-electron chi connectivity index (χ2n) is 5.96. The molecule has 8 nitrogen and oxygen atoms in total. The van der Waals surface area contributed by atoms with Gasteiger partial charge < -0.3 is 15.4 Å². The van der Waals surface area contributed by atoms with Crippen LogP contribution in [0.1, 0.15) is 16.7 Å². The molecular formula is C16H23N3O5S. The minimum absolute atomic E-state index is 0.102. The first kappa shape index (κ1) is 19.4. The van der Waals surface area contributed by atoms with Gasteiger partial charge in [0.15, 0.2) is 0 Å². The van der Waals surface area contributed by atoms with Crippen molar-refractivity contribution in [3.63, 3.8) is 0 Å². The first-order valence-corrected chi connectivity index (χ1v) is 9.33. The van der Waals surface area contributed by atoms with Gasteiger partial charge in [0.2, 0.25) is 10.0 Å². The molecule has 1 atom stereocenters. The molecule has 2 rings (SSSR count). The number of aryl methyl sites for hydroxylation is 3. The van der Waals surface area contributed by atoms with E-state index in [1.165, 1.54) is 11.4 Å². The van der Waals surface area contributed by atoms with E-state index in [0.29, 0.717) is 11.1 Å². The molecule has 1 unspecified atom stereocenters. The lowest BCUT2D eigenvalue weighted by atomic mass is 10.1. The van der Waals surface area contributed by atoms with E-state index < -0.39 is 28.1 Å². The lowest BCUT2D eigenvalue weighted by Gasteiger charge is -2.24. The third-order valence-corrected chi connectivity index (χ3v) is 6.18. The first-order valence-electron chi connectivity index (χ1n) is 7.89. The van der Waals surface area contributed by atoms with Gasteiger partial charge >= 0.3 is 11.8 Å². The fourth-order valence-electron chi connectivity index (χ4n) is 3.01. The number of amides is 2. The number of hydrogen-bond donors (Lipinski definition) is 2. The molecule has 1 fully saturated rings.